The highest BCUT2D eigenvalue weighted by atomic mass is 35.5. The molecule has 1 aromatic carbocycles. The molecular weight excluding hydrogens is 440 g/mol. The van der Waals surface area contributed by atoms with Crippen molar-refractivity contribution in [2.75, 3.05) is 31.5 Å². The van der Waals surface area contributed by atoms with E-state index in [4.69, 9.17) is 16.3 Å². The molecule has 7 nitrogen and oxygen atoms in total. The molecule has 2 amide bonds. The van der Waals surface area contributed by atoms with Gasteiger partial charge in [-0.1, -0.05) is 11.6 Å². The summed E-state index contributed by atoms with van der Waals surface area (Å²) in [6.45, 7) is 11.3. The van der Waals surface area contributed by atoms with Gasteiger partial charge in [-0.15, -0.1) is 0 Å². The number of likely N-dealkylation sites (tertiary alicyclic amines) is 1. The summed E-state index contributed by atoms with van der Waals surface area (Å²) in [7, 11) is 0. The molecule has 0 spiro atoms. The monoisotopic (exact) mass is 468 g/mol. The number of carbonyl (C=O) groups excluding carboxylic acids is 2. The van der Waals surface area contributed by atoms with Crippen LogP contribution in [0.4, 0.5) is 5.69 Å². The number of aromatic nitrogens is 1. The van der Waals surface area contributed by atoms with Gasteiger partial charge in [0.25, 0.3) is 11.8 Å². The third-order valence-electron chi connectivity index (χ3n) is 6.86. The van der Waals surface area contributed by atoms with E-state index >= 15 is 0 Å². The molecule has 0 bridgehead atoms. The maximum atomic E-state index is 13.3. The summed E-state index contributed by atoms with van der Waals surface area (Å²) in [5.41, 5.74) is 5.17. The summed E-state index contributed by atoms with van der Waals surface area (Å²) in [6.07, 6.45) is 2.25. The molecule has 1 aromatic heterocycles. The standard InChI is InChI=1S/C25H29ClN4O3/c1-13-9-29(10-14(2)33-13)18-11-30(12-18)25(32)23-15(3)22(27-16(23)4)8-20-19-7-17(26)5-6-21(19)28-24(20)31/h5-8,13-14,18,27H,9-12H2,1-4H3,(H,28,31)/t13-,14+. The lowest BCUT2D eigenvalue weighted by Crippen LogP contribution is -2.64. The van der Waals surface area contributed by atoms with Crippen molar-refractivity contribution in [2.24, 2.45) is 0 Å². The first-order valence-electron chi connectivity index (χ1n) is 11.4. The van der Waals surface area contributed by atoms with Gasteiger partial charge >= 0.3 is 0 Å². The van der Waals surface area contributed by atoms with Crippen LogP contribution in [0.1, 0.15) is 46.7 Å². The molecular formula is C25H29ClN4O3. The minimum Gasteiger partial charge on any atom is -0.373 e. The third-order valence-corrected chi connectivity index (χ3v) is 7.09. The lowest BCUT2D eigenvalue weighted by atomic mass is 10.0. The van der Waals surface area contributed by atoms with E-state index in [1.807, 2.05) is 24.8 Å². The first-order chi connectivity index (χ1) is 15.7. The lowest BCUT2D eigenvalue weighted by Gasteiger charge is -2.48. The van der Waals surface area contributed by atoms with E-state index in [1.165, 1.54) is 0 Å². The molecule has 174 valence electrons. The number of ether oxygens (including phenoxy) is 1. The molecule has 2 saturated heterocycles. The Bertz CT molecular complexity index is 1150. The number of anilines is 1. The molecule has 2 aromatic rings. The number of halogens is 1. The Morgan fingerprint density at radius 2 is 1.85 bits per heavy atom. The van der Waals surface area contributed by atoms with Crippen molar-refractivity contribution in [1.29, 1.82) is 0 Å². The number of aryl methyl sites for hydroxylation is 1. The van der Waals surface area contributed by atoms with Gasteiger partial charge in [0, 0.05) is 59.9 Å². The second kappa shape index (κ2) is 8.31. The predicted molar refractivity (Wildman–Crippen MR) is 129 cm³/mol. The SMILES string of the molecule is Cc1[nH]c(C=C2C(=O)Nc3ccc(Cl)cc32)c(C)c1C(=O)N1CC(N2C[C@@H](C)O[C@@H](C)C2)C1. The second-order valence-electron chi connectivity index (χ2n) is 9.44. The number of hydrogen-bond acceptors (Lipinski definition) is 4. The van der Waals surface area contributed by atoms with E-state index in [0.29, 0.717) is 22.2 Å². The Balaban J connectivity index is 1.34. The summed E-state index contributed by atoms with van der Waals surface area (Å²) >= 11 is 6.15. The second-order valence-corrected chi connectivity index (χ2v) is 9.88. The quantitative estimate of drug-likeness (QED) is 0.673. The number of morpholine rings is 1. The Morgan fingerprint density at radius 3 is 2.55 bits per heavy atom. The van der Waals surface area contributed by atoms with Gasteiger partial charge in [0.15, 0.2) is 0 Å². The zero-order valence-corrected chi connectivity index (χ0v) is 20.1. The number of nitrogens with one attached hydrogen (secondary N) is 2. The van der Waals surface area contributed by atoms with Gasteiger partial charge in [-0.25, -0.2) is 0 Å². The van der Waals surface area contributed by atoms with Gasteiger partial charge in [-0.05, 0) is 57.5 Å². The normalized spacial score (nSPS) is 24.7. The highest BCUT2D eigenvalue weighted by Gasteiger charge is 2.39. The van der Waals surface area contributed by atoms with Crippen molar-refractivity contribution < 1.29 is 14.3 Å². The van der Waals surface area contributed by atoms with Gasteiger partial charge in [-0.3, -0.25) is 14.5 Å². The largest absolute Gasteiger partial charge is 0.373 e. The van der Waals surface area contributed by atoms with Crippen LogP contribution < -0.4 is 5.32 Å². The number of hydrogen-bond donors (Lipinski definition) is 2. The van der Waals surface area contributed by atoms with Crippen molar-refractivity contribution in [1.82, 2.24) is 14.8 Å². The highest BCUT2D eigenvalue weighted by Crippen LogP contribution is 2.36. The molecule has 3 aliphatic heterocycles. The van der Waals surface area contributed by atoms with Crippen LogP contribution in [0.2, 0.25) is 5.02 Å². The van der Waals surface area contributed by atoms with E-state index in [9.17, 15) is 9.59 Å². The molecule has 4 heterocycles. The van der Waals surface area contributed by atoms with Gasteiger partial charge < -0.3 is 19.9 Å². The number of amides is 2. The van der Waals surface area contributed by atoms with Crippen LogP contribution in [0.3, 0.4) is 0 Å². The van der Waals surface area contributed by atoms with E-state index in [0.717, 1.165) is 54.4 Å². The number of rotatable bonds is 3. The summed E-state index contributed by atoms with van der Waals surface area (Å²) in [4.78, 5) is 33.5. The van der Waals surface area contributed by atoms with Crippen LogP contribution in [-0.2, 0) is 9.53 Å². The zero-order valence-electron chi connectivity index (χ0n) is 19.4. The van der Waals surface area contributed by atoms with Crippen LogP contribution >= 0.6 is 11.6 Å². The molecule has 2 atom stereocenters. The molecule has 3 aliphatic rings. The van der Waals surface area contributed by atoms with Crippen molar-refractivity contribution in [3.8, 4) is 0 Å². The summed E-state index contributed by atoms with van der Waals surface area (Å²) in [6, 6.07) is 5.72. The van der Waals surface area contributed by atoms with Crippen molar-refractivity contribution in [3.63, 3.8) is 0 Å². The smallest absolute Gasteiger partial charge is 0.256 e. The average Bonchev–Trinajstić information content (AvgIpc) is 3.15. The first kappa shape index (κ1) is 22.2. The van der Waals surface area contributed by atoms with E-state index in [1.54, 1.807) is 18.2 Å². The number of H-pyrrole nitrogens is 1. The molecule has 5 rings (SSSR count). The molecule has 8 heteroatoms. The molecule has 0 radical (unpaired) electrons. The zero-order chi connectivity index (χ0) is 23.4. The fourth-order valence-electron chi connectivity index (χ4n) is 5.21. The summed E-state index contributed by atoms with van der Waals surface area (Å²) in [5, 5.41) is 3.44. The minimum absolute atomic E-state index is 0.0378. The molecule has 0 aliphatic carbocycles. The number of fused-ring (bicyclic) bond motifs is 1. The highest BCUT2D eigenvalue weighted by molar-refractivity contribution is 6.36. The molecule has 2 fully saturated rings. The summed E-state index contributed by atoms with van der Waals surface area (Å²) < 4.78 is 5.84. The van der Waals surface area contributed by atoms with Crippen LogP contribution in [0.25, 0.3) is 11.6 Å². The Morgan fingerprint density at radius 1 is 1.15 bits per heavy atom. The predicted octanol–water partition coefficient (Wildman–Crippen LogP) is 3.71. The molecule has 0 unspecified atom stereocenters. The molecule has 0 saturated carbocycles. The van der Waals surface area contributed by atoms with Crippen molar-refractivity contribution >= 4 is 40.8 Å². The van der Waals surface area contributed by atoms with E-state index in [-0.39, 0.29) is 24.0 Å². The average molecular weight is 469 g/mol. The van der Waals surface area contributed by atoms with Gasteiger partial charge in [0.05, 0.1) is 23.3 Å². The fourth-order valence-corrected chi connectivity index (χ4v) is 5.39. The minimum atomic E-state index is -0.175. The topological polar surface area (TPSA) is 77.7 Å². The lowest BCUT2D eigenvalue weighted by molar-refractivity contribution is -0.110. The van der Waals surface area contributed by atoms with Gasteiger partial charge in [0.1, 0.15) is 0 Å². The number of benzene rings is 1. The van der Waals surface area contributed by atoms with Crippen LogP contribution in [0, 0.1) is 13.8 Å². The molecule has 33 heavy (non-hydrogen) atoms. The van der Waals surface area contributed by atoms with E-state index < -0.39 is 0 Å². The van der Waals surface area contributed by atoms with Gasteiger partial charge in [0.2, 0.25) is 0 Å². The summed E-state index contributed by atoms with van der Waals surface area (Å²) in [5.74, 6) is -0.137. The van der Waals surface area contributed by atoms with Crippen LogP contribution in [0.15, 0.2) is 18.2 Å². The number of nitrogens with zero attached hydrogens (tertiary/aromatic N) is 2. The third kappa shape index (κ3) is 3.98. The van der Waals surface area contributed by atoms with Crippen LogP contribution in [-0.4, -0.2) is 71.0 Å². The number of aromatic amines is 1. The maximum Gasteiger partial charge on any atom is 0.256 e. The Labute approximate surface area is 198 Å². The van der Waals surface area contributed by atoms with Gasteiger partial charge in [-0.2, -0.15) is 0 Å². The fraction of sp³-hybridized carbons (Fsp3) is 0.440. The molecule has 2 N–H and O–H groups in total. The van der Waals surface area contributed by atoms with E-state index in [2.05, 4.69) is 29.0 Å². The Kier molecular flexibility index (Phi) is 5.59. The van der Waals surface area contributed by atoms with Crippen LogP contribution in [0.5, 0.6) is 0 Å². The Hall–Kier alpha value is -2.61. The van der Waals surface area contributed by atoms with Crippen molar-refractivity contribution in [3.05, 3.63) is 51.3 Å². The maximum absolute atomic E-state index is 13.3. The van der Waals surface area contributed by atoms with Crippen molar-refractivity contribution in [2.45, 2.75) is 45.9 Å². The first-order valence-corrected chi connectivity index (χ1v) is 11.8. The number of carbonyl (C=O) groups is 2.